The second kappa shape index (κ2) is 6.22. The van der Waals surface area contributed by atoms with Crippen molar-refractivity contribution in [3.8, 4) is 5.69 Å². The molecule has 0 unspecified atom stereocenters. The minimum absolute atomic E-state index is 0.162. The third kappa shape index (κ3) is 2.96. The average Bonchev–Trinajstić information content (AvgIpc) is 2.93. The van der Waals surface area contributed by atoms with Gasteiger partial charge in [-0.25, -0.2) is 9.48 Å². The quantitative estimate of drug-likeness (QED) is 0.761. The van der Waals surface area contributed by atoms with E-state index in [0.29, 0.717) is 22.3 Å². The van der Waals surface area contributed by atoms with Crippen LogP contribution in [0.3, 0.4) is 0 Å². The Hall–Kier alpha value is -2.86. The topological polar surface area (TPSA) is 78.6 Å². The van der Waals surface area contributed by atoms with Crippen molar-refractivity contribution < 1.29 is 15.0 Å². The van der Waals surface area contributed by atoms with Gasteiger partial charge in [0, 0.05) is 16.5 Å². The van der Waals surface area contributed by atoms with Gasteiger partial charge in [0.05, 0.1) is 12.3 Å². The van der Waals surface area contributed by atoms with Crippen LogP contribution in [0.15, 0.2) is 48.5 Å². The summed E-state index contributed by atoms with van der Waals surface area (Å²) in [4.78, 5) is 13.4. The van der Waals surface area contributed by atoms with Gasteiger partial charge in [-0.3, -0.25) is 4.90 Å². The monoisotopic (exact) mass is 339 g/mol. The highest BCUT2D eigenvalue weighted by Crippen LogP contribution is 2.35. The van der Waals surface area contributed by atoms with Gasteiger partial charge in [-0.05, 0) is 39.0 Å². The van der Waals surface area contributed by atoms with Gasteiger partial charge in [0.2, 0.25) is 0 Å². The van der Waals surface area contributed by atoms with Crippen LogP contribution in [0.1, 0.15) is 26.3 Å². The van der Waals surface area contributed by atoms with Gasteiger partial charge in [-0.1, -0.05) is 30.3 Å². The Labute approximate surface area is 145 Å². The van der Waals surface area contributed by atoms with Gasteiger partial charge >= 0.3 is 6.09 Å². The molecule has 0 atom stereocenters. The zero-order valence-electron chi connectivity index (χ0n) is 14.5. The number of aromatic nitrogens is 2. The van der Waals surface area contributed by atoms with Crippen LogP contribution in [-0.4, -0.2) is 31.6 Å². The fourth-order valence-corrected chi connectivity index (χ4v) is 2.94. The maximum atomic E-state index is 12.1. The Morgan fingerprint density at radius 3 is 2.36 bits per heavy atom. The number of anilines is 1. The van der Waals surface area contributed by atoms with Crippen LogP contribution in [0, 0.1) is 0 Å². The van der Waals surface area contributed by atoms with Crippen LogP contribution in [-0.2, 0) is 6.61 Å². The predicted molar refractivity (Wildman–Crippen MR) is 97.2 cm³/mol. The number of carbonyl (C=O) groups is 1. The van der Waals surface area contributed by atoms with Gasteiger partial charge in [-0.2, -0.15) is 5.10 Å². The Bertz CT molecular complexity index is 911. The molecule has 2 N–H and O–H groups in total. The van der Waals surface area contributed by atoms with E-state index in [9.17, 15) is 15.0 Å². The van der Waals surface area contributed by atoms with Gasteiger partial charge in [0.15, 0.2) is 0 Å². The van der Waals surface area contributed by atoms with Crippen LogP contribution in [0.25, 0.3) is 16.6 Å². The molecule has 0 aliphatic carbocycles. The lowest BCUT2D eigenvalue weighted by atomic mass is 10.1. The minimum Gasteiger partial charge on any atom is -0.465 e. The van der Waals surface area contributed by atoms with E-state index in [1.807, 2.05) is 57.2 Å². The first kappa shape index (κ1) is 17.0. The molecule has 2 aromatic carbocycles. The third-order valence-electron chi connectivity index (χ3n) is 4.01. The Morgan fingerprint density at radius 2 is 1.80 bits per heavy atom. The van der Waals surface area contributed by atoms with E-state index >= 15 is 0 Å². The zero-order chi connectivity index (χ0) is 18.2. The fourth-order valence-electron chi connectivity index (χ4n) is 2.94. The first-order valence-electron chi connectivity index (χ1n) is 8.04. The van der Waals surface area contributed by atoms with E-state index in [4.69, 9.17) is 0 Å². The van der Waals surface area contributed by atoms with Crippen molar-refractivity contribution in [3.05, 3.63) is 54.1 Å². The molecule has 0 aliphatic heterocycles. The standard InChI is InChI=1S/C19H21N3O3/c1-19(2,3)21(18(24)25)17-15-11-7-8-13(12-23)16(15)20-22(17)14-9-5-4-6-10-14/h4-11,23H,12H2,1-3H3,(H,24,25). The lowest BCUT2D eigenvalue weighted by molar-refractivity contribution is 0.195. The minimum atomic E-state index is -1.05. The highest BCUT2D eigenvalue weighted by molar-refractivity contribution is 6.01. The molecule has 25 heavy (non-hydrogen) atoms. The number of amides is 1. The van der Waals surface area contributed by atoms with Crippen molar-refractivity contribution >= 4 is 22.8 Å². The summed E-state index contributed by atoms with van der Waals surface area (Å²) in [6.07, 6.45) is -1.05. The van der Waals surface area contributed by atoms with Gasteiger partial charge in [-0.15, -0.1) is 0 Å². The number of para-hydroxylation sites is 1. The second-order valence-electron chi connectivity index (χ2n) is 6.83. The summed E-state index contributed by atoms with van der Waals surface area (Å²) in [6, 6.07) is 14.8. The summed E-state index contributed by atoms with van der Waals surface area (Å²) in [6.45, 7) is 5.35. The summed E-state index contributed by atoms with van der Waals surface area (Å²) in [5.41, 5.74) is 1.35. The largest absolute Gasteiger partial charge is 0.465 e. The number of carboxylic acid groups (broad SMARTS) is 1. The number of hydrogen-bond donors (Lipinski definition) is 2. The molecule has 6 heteroatoms. The second-order valence-corrected chi connectivity index (χ2v) is 6.83. The van der Waals surface area contributed by atoms with Gasteiger partial charge in [0.1, 0.15) is 11.3 Å². The smallest absolute Gasteiger partial charge is 0.413 e. The van der Waals surface area contributed by atoms with E-state index in [1.54, 1.807) is 16.8 Å². The first-order valence-corrected chi connectivity index (χ1v) is 8.04. The van der Waals surface area contributed by atoms with E-state index in [1.165, 1.54) is 4.90 Å². The molecule has 0 aliphatic rings. The Kier molecular flexibility index (Phi) is 4.22. The zero-order valence-corrected chi connectivity index (χ0v) is 14.5. The fraction of sp³-hybridized carbons (Fsp3) is 0.263. The molecule has 0 radical (unpaired) electrons. The van der Waals surface area contributed by atoms with E-state index in [0.717, 1.165) is 5.69 Å². The molecule has 0 saturated heterocycles. The number of hydrogen-bond acceptors (Lipinski definition) is 3. The average molecular weight is 339 g/mol. The van der Waals surface area contributed by atoms with Gasteiger partial charge in [0.25, 0.3) is 0 Å². The SMILES string of the molecule is CC(C)(C)N(C(=O)O)c1c2cccc(CO)c2nn1-c1ccccc1. The van der Waals surface area contributed by atoms with Crippen molar-refractivity contribution in [1.29, 1.82) is 0 Å². The highest BCUT2D eigenvalue weighted by Gasteiger charge is 2.33. The van der Waals surface area contributed by atoms with Crippen LogP contribution < -0.4 is 4.90 Å². The first-order chi connectivity index (χ1) is 11.8. The van der Waals surface area contributed by atoms with Crippen LogP contribution in [0.5, 0.6) is 0 Å². The Morgan fingerprint density at radius 1 is 1.12 bits per heavy atom. The summed E-state index contributed by atoms with van der Waals surface area (Å²) in [5, 5.41) is 24.8. The molecule has 3 rings (SSSR count). The van der Waals surface area contributed by atoms with Crippen molar-refractivity contribution in [2.45, 2.75) is 32.9 Å². The maximum Gasteiger partial charge on any atom is 0.413 e. The van der Waals surface area contributed by atoms with E-state index < -0.39 is 11.6 Å². The normalized spacial score (nSPS) is 11.7. The number of aliphatic hydroxyl groups is 1. The molecule has 3 aromatic rings. The van der Waals surface area contributed by atoms with Crippen molar-refractivity contribution in [3.63, 3.8) is 0 Å². The lowest BCUT2D eigenvalue weighted by Gasteiger charge is -2.33. The van der Waals surface area contributed by atoms with Crippen molar-refractivity contribution in [2.75, 3.05) is 4.90 Å². The van der Waals surface area contributed by atoms with Crippen LogP contribution in [0.4, 0.5) is 10.6 Å². The van der Waals surface area contributed by atoms with Crippen molar-refractivity contribution in [2.24, 2.45) is 0 Å². The summed E-state index contributed by atoms with van der Waals surface area (Å²) in [7, 11) is 0. The maximum absolute atomic E-state index is 12.1. The molecule has 1 aromatic heterocycles. The number of aliphatic hydroxyl groups excluding tert-OH is 1. The van der Waals surface area contributed by atoms with E-state index in [-0.39, 0.29) is 6.61 Å². The van der Waals surface area contributed by atoms with Crippen LogP contribution in [0.2, 0.25) is 0 Å². The molecule has 0 saturated carbocycles. The number of nitrogens with zero attached hydrogens (tertiary/aromatic N) is 3. The highest BCUT2D eigenvalue weighted by atomic mass is 16.4. The van der Waals surface area contributed by atoms with Gasteiger partial charge < -0.3 is 10.2 Å². The summed E-state index contributed by atoms with van der Waals surface area (Å²) in [5.74, 6) is 0.469. The number of benzene rings is 2. The van der Waals surface area contributed by atoms with Crippen LogP contribution >= 0.6 is 0 Å². The molecule has 0 bridgehead atoms. The summed E-state index contributed by atoms with van der Waals surface area (Å²) >= 11 is 0. The molecule has 0 spiro atoms. The molecule has 1 heterocycles. The molecule has 1 amide bonds. The Balaban J connectivity index is 2.40. The molecule has 6 nitrogen and oxygen atoms in total. The molecular weight excluding hydrogens is 318 g/mol. The third-order valence-corrected chi connectivity index (χ3v) is 4.01. The van der Waals surface area contributed by atoms with E-state index in [2.05, 4.69) is 5.10 Å². The lowest BCUT2D eigenvalue weighted by Crippen LogP contribution is -2.46. The number of rotatable bonds is 3. The molecular formula is C19H21N3O3. The molecule has 0 fully saturated rings. The van der Waals surface area contributed by atoms with Crippen molar-refractivity contribution in [1.82, 2.24) is 9.78 Å². The summed E-state index contributed by atoms with van der Waals surface area (Å²) < 4.78 is 1.63. The molecule has 130 valence electrons. The predicted octanol–water partition coefficient (Wildman–Crippen LogP) is 3.80. The number of fused-ring (bicyclic) bond motifs is 1.